The summed E-state index contributed by atoms with van der Waals surface area (Å²) < 4.78 is 11.1. The van der Waals surface area contributed by atoms with E-state index in [2.05, 4.69) is 17.6 Å². The van der Waals surface area contributed by atoms with Crippen molar-refractivity contribution < 1.29 is 20.5 Å². The molecule has 0 saturated heterocycles. The zero-order valence-corrected chi connectivity index (χ0v) is 12.6. The Balaban J connectivity index is 2.36. The zero-order chi connectivity index (χ0) is 14.6. The number of allylic oxidation sites excluding steroid dienone is 1. The van der Waals surface area contributed by atoms with E-state index in [-0.39, 0.29) is 0 Å². The maximum absolute atomic E-state index is 5.87. The summed E-state index contributed by atoms with van der Waals surface area (Å²) in [4.78, 5) is 0. The highest BCUT2D eigenvalue weighted by atomic mass is 16.5. The number of hydrogen-bond donors (Lipinski definition) is 2. The van der Waals surface area contributed by atoms with Crippen molar-refractivity contribution in [3.05, 3.63) is 36.4 Å². The fourth-order valence-corrected chi connectivity index (χ4v) is 2.00. The van der Waals surface area contributed by atoms with Crippen molar-refractivity contribution in [2.24, 2.45) is 0 Å². The minimum absolute atomic E-state index is 0.759. The van der Waals surface area contributed by atoms with Gasteiger partial charge in [-0.3, -0.25) is 0 Å². The van der Waals surface area contributed by atoms with E-state index in [1.165, 1.54) is 6.42 Å². The summed E-state index contributed by atoms with van der Waals surface area (Å²) in [6, 6.07) is 5.93. The van der Waals surface area contributed by atoms with E-state index in [4.69, 9.17) is 9.47 Å². The third-order valence-corrected chi connectivity index (χ3v) is 3.10. The average Bonchev–Trinajstić information content (AvgIpc) is 2.47. The van der Waals surface area contributed by atoms with Crippen molar-refractivity contribution in [2.45, 2.75) is 19.3 Å². The molecule has 0 bridgehead atoms. The maximum Gasteiger partial charge on any atom is 0.125 e. The van der Waals surface area contributed by atoms with Crippen molar-refractivity contribution >= 4 is 0 Å². The summed E-state index contributed by atoms with van der Waals surface area (Å²) in [7, 11) is 1.68. The van der Waals surface area contributed by atoms with Crippen LogP contribution >= 0.6 is 0 Å². The Hall–Kier alpha value is -1.52. The SMILES string of the molecule is C=CCc1cc(OC)ccc1OCCCC[NH2+]CC[NH3+]. The molecule has 4 heteroatoms. The molecule has 112 valence electrons. The van der Waals surface area contributed by atoms with Crippen molar-refractivity contribution in [3.8, 4) is 11.5 Å². The van der Waals surface area contributed by atoms with Crippen LogP contribution < -0.4 is 20.5 Å². The van der Waals surface area contributed by atoms with E-state index in [9.17, 15) is 0 Å². The first kappa shape index (κ1) is 16.5. The summed E-state index contributed by atoms with van der Waals surface area (Å²) in [5.74, 6) is 1.80. The monoisotopic (exact) mass is 280 g/mol. The van der Waals surface area contributed by atoms with Crippen molar-refractivity contribution in [2.75, 3.05) is 33.4 Å². The molecule has 0 aliphatic rings. The van der Waals surface area contributed by atoms with E-state index in [0.29, 0.717) is 0 Å². The normalized spacial score (nSPS) is 10.3. The van der Waals surface area contributed by atoms with Gasteiger partial charge in [-0.2, -0.15) is 0 Å². The Morgan fingerprint density at radius 2 is 2.15 bits per heavy atom. The Kier molecular flexibility index (Phi) is 8.51. The van der Waals surface area contributed by atoms with E-state index in [0.717, 1.165) is 56.1 Å². The maximum atomic E-state index is 5.87. The van der Waals surface area contributed by atoms with Gasteiger partial charge in [0.25, 0.3) is 0 Å². The van der Waals surface area contributed by atoms with Gasteiger partial charge in [0.1, 0.15) is 24.6 Å². The second-order valence-electron chi connectivity index (χ2n) is 4.74. The van der Waals surface area contributed by atoms with E-state index >= 15 is 0 Å². The van der Waals surface area contributed by atoms with E-state index in [1.54, 1.807) is 7.11 Å². The van der Waals surface area contributed by atoms with Crippen LogP contribution in [0, 0.1) is 0 Å². The van der Waals surface area contributed by atoms with Crippen LogP contribution in [0.5, 0.6) is 11.5 Å². The number of unbranched alkanes of at least 4 members (excludes halogenated alkanes) is 1. The lowest BCUT2D eigenvalue weighted by atomic mass is 10.1. The average molecular weight is 280 g/mol. The number of ether oxygens (including phenoxy) is 2. The molecule has 1 aromatic carbocycles. The van der Waals surface area contributed by atoms with Crippen LogP contribution in [-0.2, 0) is 6.42 Å². The van der Waals surface area contributed by atoms with E-state index < -0.39 is 0 Å². The standard InChI is InChI=1S/C16H26N2O2/c1-3-6-14-13-15(19-2)7-8-16(14)20-12-5-4-10-18-11-9-17/h3,7-8,13,18H,1,4-6,9-12,17H2,2H3/p+2. The van der Waals surface area contributed by atoms with Crippen LogP contribution in [0.2, 0.25) is 0 Å². The fraction of sp³-hybridized carbons (Fsp3) is 0.500. The molecular weight excluding hydrogens is 252 g/mol. The molecule has 0 heterocycles. The summed E-state index contributed by atoms with van der Waals surface area (Å²) in [5, 5.41) is 2.31. The van der Waals surface area contributed by atoms with Crippen LogP contribution in [0.15, 0.2) is 30.9 Å². The van der Waals surface area contributed by atoms with Gasteiger partial charge in [-0.05, 0) is 37.5 Å². The molecule has 0 radical (unpaired) electrons. The summed E-state index contributed by atoms with van der Waals surface area (Å²) >= 11 is 0. The Morgan fingerprint density at radius 1 is 1.30 bits per heavy atom. The highest BCUT2D eigenvalue weighted by Gasteiger charge is 2.04. The topological polar surface area (TPSA) is 62.7 Å². The van der Waals surface area contributed by atoms with Gasteiger partial charge >= 0.3 is 0 Å². The van der Waals surface area contributed by atoms with Gasteiger partial charge in [0.05, 0.1) is 20.3 Å². The predicted octanol–water partition coefficient (Wildman–Crippen LogP) is 0.388. The summed E-state index contributed by atoms with van der Waals surface area (Å²) in [6.45, 7) is 7.80. The molecule has 0 unspecified atom stereocenters. The van der Waals surface area contributed by atoms with Crippen molar-refractivity contribution in [1.29, 1.82) is 0 Å². The van der Waals surface area contributed by atoms with Crippen LogP contribution in [0.4, 0.5) is 0 Å². The lowest BCUT2D eigenvalue weighted by Crippen LogP contribution is -2.88. The number of rotatable bonds is 11. The van der Waals surface area contributed by atoms with Gasteiger partial charge in [0, 0.05) is 5.56 Å². The highest BCUT2D eigenvalue weighted by molar-refractivity contribution is 5.41. The molecular formula is C16H28N2O2+2. The number of nitrogens with two attached hydrogens (primary N) is 1. The minimum Gasteiger partial charge on any atom is -0.497 e. The van der Waals surface area contributed by atoms with Gasteiger partial charge in [-0.25, -0.2) is 0 Å². The molecule has 4 nitrogen and oxygen atoms in total. The molecule has 1 rings (SSSR count). The fourth-order valence-electron chi connectivity index (χ4n) is 2.00. The third-order valence-electron chi connectivity index (χ3n) is 3.10. The molecule has 0 fully saturated rings. The number of hydrogen-bond acceptors (Lipinski definition) is 2. The molecule has 20 heavy (non-hydrogen) atoms. The van der Waals surface area contributed by atoms with Crippen LogP contribution in [0.25, 0.3) is 0 Å². The van der Waals surface area contributed by atoms with Gasteiger partial charge < -0.3 is 20.5 Å². The lowest BCUT2D eigenvalue weighted by Gasteiger charge is -2.11. The second-order valence-corrected chi connectivity index (χ2v) is 4.74. The molecule has 0 aliphatic carbocycles. The third kappa shape index (κ3) is 6.08. The van der Waals surface area contributed by atoms with Gasteiger partial charge in [-0.1, -0.05) is 6.08 Å². The van der Waals surface area contributed by atoms with Gasteiger partial charge in [-0.15, -0.1) is 6.58 Å². The number of methoxy groups -OCH3 is 1. The van der Waals surface area contributed by atoms with Crippen LogP contribution in [-0.4, -0.2) is 33.4 Å². The summed E-state index contributed by atoms with van der Waals surface area (Å²) in [5.41, 5.74) is 4.95. The Labute approximate surface area is 122 Å². The lowest BCUT2D eigenvalue weighted by molar-refractivity contribution is -0.670. The zero-order valence-electron chi connectivity index (χ0n) is 12.6. The molecule has 0 atom stereocenters. The van der Waals surface area contributed by atoms with Crippen molar-refractivity contribution in [1.82, 2.24) is 0 Å². The largest absolute Gasteiger partial charge is 0.497 e. The molecule has 0 saturated carbocycles. The van der Waals surface area contributed by atoms with Gasteiger partial charge in [0.2, 0.25) is 0 Å². The minimum atomic E-state index is 0.759. The quantitative estimate of drug-likeness (QED) is 0.455. The molecule has 0 aromatic heterocycles. The predicted molar refractivity (Wildman–Crippen MR) is 81.0 cm³/mol. The molecule has 1 aromatic rings. The first-order valence-corrected chi connectivity index (χ1v) is 7.33. The van der Waals surface area contributed by atoms with E-state index in [1.807, 2.05) is 24.3 Å². The highest BCUT2D eigenvalue weighted by Crippen LogP contribution is 2.25. The Morgan fingerprint density at radius 3 is 2.85 bits per heavy atom. The smallest absolute Gasteiger partial charge is 0.125 e. The summed E-state index contributed by atoms with van der Waals surface area (Å²) in [6.07, 6.45) is 4.93. The molecule has 0 aliphatic heterocycles. The van der Waals surface area contributed by atoms with Gasteiger partial charge in [0.15, 0.2) is 0 Å². The van der Waals surface area contributed by atoms with Crippen LogP contribution in [0.1, 0.15) is 18.4 Å². The number of benzene rings is 1. The first-order valence-electron chi connectivity index (χ1n) is 7.33. The first-order chi connectivity index (χ1) is 9.81. The molecule has 5 N–H and O–H groups in total. The second kappa shape index (κ2) is 10.3. The molecule has 0 amide bonds. The number of quaternary nitrogens is 2. The van der Waals surface area contributed by atoms with Crippen LogP contribution in [0.3, 0.4) is 0 Å². The van der Waals surface area contributed by atoms with Crippen molar-refractivity contribution in [3.63, 3.8) is 0 Å². The molecule has 0 spiro atoms. The Bertz CT molecular complexity index is 394.